The van der Waals surface area contributed by atoms with E-state index in [4.69, 9.17) is 28.9 Å². The van der Waals surface area contributed by atoms with Crippen LogP contribution in [0.4, 0.5) is 4.39 Å². The molecule has 0 bridgehead atoms. The zero-order valence-electron chi connectivity index (χ0n) is 9.41. The van der Waals surface area contributed by atoms with Crippen LogP contribution in [-0.4, -0.2) is 4.98 Å². The Bertz CT molecular complexity index is 560. The first-order valence-corrected chi connectivity index (χ1v) is 6.13. The Hall–Kier alpha value is -1.16. The zero-order chi connectivity index (χ0) is 13.1. The Morgan fingerprint density at radius 1 is 1.22 bits per heavy atom. The van der Waals surface area contributed by atoms with E-state index in [2.05, 4.69) is 4.98 Å². The highest BCUT2D eigenvalue weighted by molar-refractivity contribution is 6.42. The molecule has 2 rings (SSSR count). The van der Waals surface area contributed by atoms with E-state index in [1.807, 2.05) is 6.07 Å². The van der Waals surface area contributed by atoms with E-state index >= 15 is 0 Å². The third-order valence-electron chi connectivity index (χ3n) is 2.58. The molecule has 2 nitrogen and oxygen atoms in total. The van der Waals surface area contributed by atoms with Gasteiger partial charge in [-0.25, -0.2) is 4.39 Å². The number of pyridine rings is 1. The molecule has 0 aliphatic heterocycles. The fraction of sp³-hybridized carbons (Fsp3) is 0.154. The molecule has 1 aromatic heterocycles. The molecule has 0 radical (unpaired) electrons. The van der Waals surface area contributed by atoms with Crippen LogP contribution in [0.1, 0.15) is 17.3 Å². The van der Waals surface area contributed by atoms with Crippen molar-refractivity contribution in [3.05, 3.63) is 63.6 Å². The number of halogens is 3. The van der Waals surface area contributed by atoms with Crippen molar-refractivity contribution < 1.29 is 4.39 Å². The summed E-state index contributed by atoms with van der Waals surface area (Å²) in [5.74, 6) is -0.398. The van der Waals surface area contributed by atoms with E-state index in [9.17, 15) is 4.39 Å². The molecule has 1 unspecified atom stereocenters. The van der Waals surface area contributed by atoms with Gasteiger partial charge in [0.25, 0.3) is 0 Å². The highest BCUT2D eigenvalue weighted by atomic mass is 35.5. The smallest absolute Gasteiger partial charge is 0.146 e. The van der Waals surface area contributed by atoms with Gasteiger partial charge in [-0.2, -0.15) is 0 Å². The van der Waals surface area contributed by atoms with E-state index in [0.29, 0.717) is 16.5 Å². The second-order valence-electron chi connectivity index (χ2n) is 3.93. The molecule has 0 saturated heterocycles. The van der Waals surface area contributed by atoms with Crippen molar-refractivity contribution in [2.45, 2.75) is 12.5 Å². The molecule has 2 N–H and O–H groups in total. The molecule has 2 aromatic rings. The molecule has 0 saturated carbocycles. The zero-order valence-corrected chi connectivity index (χ0v) is 10.9. The molecule has 5 heteroatoms. The second kappa shape index (κ2) is 5.65. The second-order valence-corrected chi connectivity index (χ2v) is 4.74. The summed E-state index contributed by atoms with van der Waals surface area (Å²) in [6, 6.07) is 7.60. The molecule has 0 aliphatic rings. The Morgan fingerprint density at radius 3 is 2.67 bits per heavy atom. The molecule has 94 valence electrons. The normalized spacial score (nSPS) is 12.4. The topological polar surface area (TPSA) is 38.9 Å². The predicted octanol–water partition coefficient (Wildman–Crippen LogP) is 3.77. The van der Waals surface area contributed by atoms with Gasteiger partial charge in [0.1, 0.15) is 5.82 Å². The lowest BCUT2D eigenvalue weighted by atomic mass is 10.0. The van der Waals surface area contributed by atoms with Gasteiger partial charge in [0.15, 0.2) is 0 Å². The third-order valence-corrected chi connectivity index (χ3v) is 3.32. The maximum Gasteiger partial charge on any atom is 0.146 e. The lowest BCUT2D eigenvalue weighted by molar-refractivity contribution is 0.564. The summed E-state index contributed by atoms with van der Waals surface area (Å²) < 4.78 is 13.5. The van der Waals surface area contributed by atoms with Crippen LogP contribution in [0.3, 0.4) is 0 Å². The first-order valence-electron chi connectivity index (χ1n) is 5.38. The number of aromatic nitrogens is 1. The lowest BCUT2D eigenvalue weighted by Crippen LogP contribution is -2.16. The summed E-state index contributed by atoms with van der Waals surface area (Å²) in [5, 5.41) is 0.945. The first-order chi connectivity index (χ1) is 8.58. The van der Waals surface area contributed by atoms with Crippen LogP contribution in [0.5, 0.6) is 0 Å². The molecule has 0 aliphatic carbocycles. The highest BCUT2D eigenvalue weighted by Gasteiger charge is 2.13. The van der Waals surface area contributed by atoms with Crippen LogP contribution in [0.2, 0.25) is 10.0 Å². The Balaban J connectivity index is 2.19. The van der Waals surface area contributed by atoms with Crippen molar-refractivity contribution >= 4 is 23.2 Å². The molecule has 0 amide bonds. The summed E-state index contributed by atoms with van der Waals surface area (Å²) in [6.07, 6.45) is 1.97. The van der Waals surface area contributed by atoms with Gasteiger partial charge in [0.2, 0.25) is 0 Å². The molecule has 0 fully saturated rings. The van der Waals surface area contributed by atoms with Gasteiger partial charge in [0, 0.05) is 6.20 Å². The van der Waals surface area contributed by atoms with Crippen molar-refractivity contribution in [2.24, 2.45) is 5.73 Å². The Kier molecular flexibility index (Phi) is 4.17. The van der Waals surface area contributed by atoms with Crippen LogP contribution >= 0.6 is 23.2 Å². The van der Waals surface area contributed by atoms with E-state index < -0.39 is 11.9 Å². The largest absolute Gasteiger partial charge is 0.322 e. The fourth-order valence-corrected chi connectivity index (χ4v) is 2.01. The minimum absolute atomic E-state index is 0.253. The van der Waals surface area contributed by atoms with Gasteiger partial charge < -0.3 is 5.73 Å². The van der Waals surface area contributed by atoms with Crippen molar-refractivity contribution in [3.8, 4) is 0 Å². The van der Waals surface area contributed by atoms with E-state index in [0.717, 1.165) is 5.56 Å². The predicted molar refractivity (Wildman–Crippen MR) is 71.3 cm³/mol. The molecule has 1 atom stereocenters. The number of hydrogen-bond donors (Lipinski definition) is 1. The molecule has 0 spiro atoms. The minimum atomic E-state index is -0.511. The minimum Gasteiger partial charge on any atom is -0.322 e. The SMILES string of the molecule is NC(Cc1ccc(Cl)c(Cl)c1)c1ncccc1F. The van der Waals surface area contributed by atoms with Crippen LogP contribution in [-0.2, 0) is 6.42 Å². The first kappa shape index (κ1) is 13.3. The van der Waals surface area contributed by atoms with Gasteiger partial charge in [-0.05, 0) is 36.2 Å². The quantitative estimate of drug-likeness (QED) is 0.932. The van der Waals surface area contributed by atoms with Crippen molar-refractivity contribution in [1.29, 1.82) is 0 Å². The standard InChI is InChI=1S/C13H11Cl2FN2/c14-9-4-3-8(6-10(9)15)7-12(17)13-11(16)2-1-5-18-13/h1-6,12H,7,17H2. The fourth-order valence-electron chi connectivity index (χ4n) is 1.69. The maximum atomic E-state index is 13.5. The monoisotopic (exact) mass is 284 g/mol. The third kappa shape index (κ3) is 2.99. The molecular weight excluding hydrogens is 274 g/mol. The molecular formula is C13H11Cl2FN2. The number of benzene rings is 1. The average molecular weight is 285 g/mol. The Morgan fingerprint density at radius 2 is 2.00 bits per heavy atom. The summed E-state index contributed by atoms with van der Waals surface area (Å²) in [6.45, 7) is 0. The van der Waals surface area contributed by atoms with E-state index in [-0.39, 0.29) is 5.69 Å². The maximum absolute atomic E-state index is 13.5. The average Bonchev–Trinajstić information content (AvgIpc) is 2.34. The molecule has 1 aromatic carbocycles. The summed E-state index contributed by atoms with van der Waals surface area (Å²) in [7, 11) is 0. The van der Waals surface area contributed by atoms with Gasteiger partial charge in [-0.15, -0.1) is 0 Å². The number of hydrogen-bond acceptors (Lipinski definition) is 2. The van der Waals surface area contributed by atoms with Gasteiger partial charge in [-0.3, -0.25) is 4.98 Å². The van der Waals surface area contributed by atoms with Crippen molar-refractivity contribution in [1.82, 2.24) is 4.98 Å². The summed E-state index contributed by atoms with van der Waals surface area (Å²) in [4.78, 5) is 3.96. The van der Waals surface area contributed by atoms with Crippen molar-refractivity contribution in [3.63, 3.8) is 0 Å². The van der Waals surface area contributed by atoms with Crippen LogP contribution < -0.4 is 5.73 Å². The van der Waals surface area contributed by atoms with Crippen LogP contribution in [0, 0.1) is 5.82 Å². The van der Waals surface area contributed by atoms with Gasteiger partial charge in [0.05, 0.1) is 21.8 Å². The highest BCUT2D eigenvalue weighted by Crippen LogP contribution is 2.25. The molecule has 18 heavy (non-hydrogen) atoms. The number of nitrogens with zero attached hydrogens (tertiary/aromatic N) is 1. The Labute approximate surface area is 115 Å². The van der Waals surface area contributed by atoms with E-state index in [1.54, 1.807) is 12.1 Å². The van der Waals surface area contributed by atoms with Gasteiger partial charge >= 0.3 is 0 Å². The number of nitrogens with two attached hydrogens (primary N) is 1. The van der Waals surface area contributed by atoms with Crippen LogP contribution in [0.25, 0.3) is 0 Å². The van der Waals surface area contributed by atoms with Crippen LogP contribution in [0.15, 0.2) is 36.5 Å². The summed E-state index contributed by atoms with van der Waals surface area (Å²) in [5.41, 5.74) is 7.08. The van der Waals surface area contributed by atoms with E-state index in [1.165, 1.54) is 18.3 Å². The number of rotatable bonds is 3. The van der Waals surface area contributed by atoms with Gasteiger partial charge in [-0.1, -0.05) is 29.3 Å². The van der Waals surface area contributed by atoms with Crippen molar-refractivity contribution in [2.75, 3.05) is 0 Å². The lowest BCUT2D eigenvalue weighted by Gasteiger charge is -2.12. The molecule has 1 heterocycles. The summed E-state index contributed by atoms with van der Waals surface area (Å²) >= 11 is 11.7.